The maximum Gasteiger partial charge on any atom is 0.425 e. The van der Waals surface area contributed by atoms with Crippen LogP contribution in [0, 0.1) is 0 Å². The Kier molecular flexibility index (Phi) is 5.48. The second-order valence-corrected chi connectivity index (χ2v) is 6.63. The number of carbonyl (C=O) groups excluding carboxylic acids is 1. The fourth-order valence-electron chi connectivity index (χ4n) is 2.24. The molecular formula is C17H21F3N2O4. The third-order valence-corrected chi connectivity index (χ3v) is 4.48. The Morgan fingerprint density at radius 1 is 1.42 bits per heavy atom. The van der Waals surface area contributed by atoms with Gasteiger partial charge in [-0.05, 0) is 39.0 Å². The number of pyridine rings is 1. The molecule has 1 heterocycles. The monoisotopic (exact) mass is 374 g/mol. The summed E-state index contributed by atoms with van der Waals surface area (Å²) in [6, 6.07) is 1.14. The van der Waals surface area contributed by atoms with Crippen LogP contribution in [0.1, 0.15) is 62.0 Å². The van der Waals surface area contributed by atoms with Gasteiger partial charge in [0.25, 0.3) is 5.91 Å². The molecule has 2 N–H and O–H groups in total. The maximum absolute atomic E-state index is 12.8. The molecule has 9 heteroatoms. The number of amides is 1. The Morgan fingerprint density at radius 2 is 2.04 bits per heavy atom. The van der Waals surface area contributed by atoms with Crippen LogP contribution in [0.4, 0.5) is 13.2 Å². The average Bonchev–Trinajstić information content (AvgIpc) is 3.38. The number of hydrogen-bond acceptors (Lipinski definition) is 4. The number of hydrogen-bond donors (Lipinski definition) is 2. The minimum absolute atomic E-state index is 0.0500. The highest BCUT2D eigenvalue weighted by molar-refractivity contribution is 5.96. The molecule has 26 heavy (non-hydrogen) atoms. The van der Waals surface area contributed by atoms with Crippen LogP contribution < -0.4 is 10.1 Å². The van der Waals surface area contributed by atoms with Crippen molar-refractivity contribution < 1.29 is 32.6 Å². The highest BCUT2D eigenvalue weighted by Gasteiger charge is 2.40. The molecule has 0 saturated heterocycles. The van der Waals surface area contributed by atoms with Crippen molar-refractivity contribution in [2.24, 2.45) is 0 Å². The van der Waals surface area contributed by atoms with E-state index in [0.29, 0.717) is 5.56 Å². The van der Waals surface area contributed by atoms with Crippen molar-refractivity contribution in [2.45, 2.75) is 63.8 Å². The number of aromatic nitrogens is 1. The number of carbonyl (C=O) groups is 2. The van der Waals surface area contributed by atoms with E-state index in [4.69, 9.17) is 4.74 Å². The summed E-state index contributed by atoms with van der Waals surface area (Å²) in [4.78, 5) is 27.6. The summed E-state index contributed by atoms with van der Waals surface area (Å²) in [5.74, 6) is -1.99. The Hall–Kier alpha value is -2.32. The van der Waals surface area contributed by atoms with Gasteiger partial charge in [-0.1, -0.05) is 6.92 Å². The molecule has 0 aromatic carbocycles. The second-order valence-electron chi connectivity index (χ2n) is 6.63. The molecule has 1 aromatic rings. The first kappa shape index (κ1) is 20.0. The number of rotatable bonds is 7. The third-order valence-electron chi connectivity index (χ3n) is 4.48. The Balaban J connectivity index is 2.29. The van der Waals surface area contributed by atoms with Gasteiger partial charge in [0.2, 0.25) is 0 Å². The molecule has 0 bridgehead atoms. The predicted molar refractivity (Wildman–Crippen MR) is 86.2 cm³/mol. The fourth-order valence-corrected chi connectivity index (χ4v) is 2.24. The lowest BCUT2D eigenvalue weighted by atomic mass is 9.99. The Labute approximate surface area is 148 Å². The average molecular weight is 374 g/mol. The number of carboxylic acids is 1. The van der Waals surface area contributed by atoms with Gasteiger partial charge in [-0.15, -0.1) is 0 Å². The van der Waals surface area contributed by atoms with Crippen LogP contribution in [-0.4, -0.2) is 39.8 Å². The van der Waals surface area contributed by atoms with Crippen molar-refractivity contribution in [3.63, 3.8) is 0 Å². The van der Waals surface area contributed by atoms with Crippen LogP contribution in [0.2, 0.25) is 0 Å². The van der Waals surface area contributed by atoms with Gasteiger partial charge in [0, 0.05) is 17.8 Å². The minimum Gasteiger partial charge on any atom is -0.481 e. The highest BCUT2D eigenvalue weighted by atomic mass is 19.4. The minimum atomic E-state index is -4.55. The summed E-state index contributed by atoms with van der Waals surface area (Å²) in [7, 11) is 0. The molecule has 1 aromatic heterocycles. The van der Waals surface area contributed by atoms with Crippen LogP contribution in [0.25, 0.3) is 0 Å². The van der Waals surface area contributed by atoms with E-state index in [1.54, 1.807) is 6.92 Å². The van der Waals surface area contributed by atoms with E-state index in [1.165, 1.54) is 13.1 Å². The van der Waals surface area contributed by atoms with E-state index in [-0.39, 0.29) is 23.8 Å². The van der Waals surface area contributed by atoms with Crippen molar-refractivity contribution in [3.8, 4) is 5.75 Å². The van der Waals surface area contributed by atoms with Gasteiger partial charge in [0.05, 0.1) is 0 Å². The number of ether oxygens (including phenoxy) is 1. The van der Waals surface area contributed by atoms with Crippen LogP contribution in [-0.2, 0) is 4.79 Å². The number of nitrogens with one attached hydrogen (secondary N) is 1. The molecule has 0 aliphatic heterocycles. The summed E-state index contributed by atoms with van der Waals surface area (Å²) in [6.45, 7) is 3.82. The maximum atomic E-state index is 12.8. The number of carboxylic acid groups (broad SMARTS) is 1. The molecule has 1 amide bonds. The van der Waals surface area contributed by atoms with Gasteiger partial charge >= 0.3 is 12.1 Å². The number of nitrogens with zero attached hydrogens (tertiary/aromatic N) is 1. The van der Waals surface area contributed by atoms with E-state index in [2.05, 4.69) is 10.3 Å². The molecule has 0 spiro atoms. The Morgan fingerprint density at radius 3 is 2.50 bits per heavy atom. The summed E-state index contributed by atoms with van der Waals surface area (Å²) in [6.07, 6.45) is -3.50. The van der Waals surface area contributed by atoms with Crippen molar-refractivity contribution in [2.75, 3.05) is 0 Å². The van der Waals surface area contributed by atoms with E-state index >= 15 is 0 Å². The second kappa shape index (κ2) is 7.13. The van der Waals surface area contributed by atoms with E-state index in [1.807, 2.05) is 0 Å². The van der Waals surface area contributed by atoms with Crippen LogP contribution in [0.15, 0.2) is 12.3 Å². The van der Waals surface area contributed by atoms with Gasteiger partial charge in [-0.2, -0.15) is 13.2 Å². The molecule has 1 fully saturated rings. The predicted octanol–water partition coefficient (Wildman–Crippen LogP) is 3.27. The molecule has 1 unspecified atom stereocenters. The first-order valence-corrected chi connectivity index (χ1v) is 8.27. The van der Waals surface area contributed by atoms with Gasteiger partial charge in [0.15, 0.2) is 6.10 Å². The quantitative estimate of drug-likeness (QED) is 0.765. The summed E-state index contributed by atoms with van der Waals surface area (Å²) < 4.78 is 43.5. The van der Waals surface area contributed by atoms with Gasteiger partial charge < -0.3 is 15.2 Å². The summed E-state index contributed by atoms with van der Waals surface area (Å²) >= 11 is 0. The van der Waals surface area contributed by atoms with Crippen molar-refractivity contribution in [3.05, 3.63) is 23.5 Å². The Bertz CT molecular complexity index is 704. The molecule has 1 saturated carbocycles. The van der Waals surface area contributed by atoms with Crippen molar-refractivity contribution >= 4 is 11.9 Å². The number of alkyl halides is 3. The van der Waals surface area contributed by atoms with Gasteiger partial charge in [-0.25, -0.2) is 4.79 Å². The number of aliphatic carboxylic acids is 1. The zero-order chi connectivity index (χ0) is 19.7. The largest absolute Gasteiger partial charge is 0.481 e. The van der Waals surface area contributed by atoms with E-state index < -0.39 is 29.7 Å². The molecule has 0 radical (unpaired) electrons. The van der Waals surface area contributed by atoms with Crippen molar-refractivity contribution in [1.82, 2.24) is 10.3 Å². The molecule has 2 atom stereocenters. The molecular weight excluding hydrogens is 353 g/mol. The van der Waals surface area contributed by atoms with Crippen LogP contribution >= 0.6 is 0 Å². The van der Waals surface area contributed by atoms with Gasteiger partial charge in [0.1, 0.15) is 17.0 Å². The number of halogens is 3. The van der Waals surface area contributed by atoms with Crippen LogP contribution in [0.3, 0.4) is 0 Å². The normalized spacial score (nSPS) is 17.9. The summed E-state index contributed by atoms with van der Waals surface area (Å²) in [5, 5.41) is 11.6. The highest BCUT2D eigenvalue weighted by Crippen LogP contribution is 2.44. The first-order valence-electron chi connectivity index (χ1n) is 8.27. The van der Waals surface area contributed by atoms with E-state index in [0.717, 1.165) is 25.8 Å². The lowest BCUT2D eigenvalue weighted by molar-refractivity contribution is -0.189. The zero-order valence-corrected chi connectivity index (χ0v) is 14.7. The lowest BCUT2D eigenvalue weighted by Gasteiger charge is -2.24. The third kappa shape index (κ3) is 4.44. The van der Waals surface area contributed by atoms with E-state index in [9.17, 15) is 27.9 Å². The van der Waals surface area contributed by atoms with Crippen LogP contribution in [0.5, 0.6) is 5.75 Å². The smallest absolute Gasteiger partial charge is 0.425 e. The molecule has 1 aliphatic carbocycles. The topological polar surface area (TPSA) is 88.5 Å². The van der Waals surface area contributed by atoms with Gasteiger partial charge in [-0.3, -0.25) is 9.78 Å². The lowest BCUT2D eigenvalue weighted by Crippen LogP contribution is -2.51. The first-order chi connectivity index (χ1) is 12.0. The standard InChI is InChI=1S/C17H21F3N2O4/c1-4-16(3,15(24)25)22-14(23)12-7-13(26-9(2)17(18,19)20)11(8-21-12)10-5-6-10/h7-10H,4-6H2,1-3H3,(H,22,23)(H,24,25)/t9-,16?/m0/s1. The van der Waals surface area contributed by atoms with Crippen molar-refractivity contribution in [1.29, 1.82) is 0 Å². The molecule has 1 aliphatic rings. The SMILES string of the molecule is CCC(C)(NC(=O)c1cc(O[C@@H](C)C(F)(F)F)c(C2CC2)cn1)C(=O)O. The molecule has 6 nitrogen and oxygen atoms in total. The summed E-state index contributed by atoms with van der Waals surface area (Å²) in [5.41, 5.74) is -1.18. The zero-order valence-electron chi connectivity index (χ0n) is 14.7. The fraction of sp³-hybridized carbons (Fsp3) is 0.588. The molecule has 144 valence electrons. The molecule has 2 rings (SSSR count).